The minimum Gasteiger partial charge on any atom is -0.392 e. The number of nitrogens with zero attached hydrogens (tertiary/aromatic N) is 1. The monoisotopic (exact) mass is 196 g/mol. The van der Waals surface area contributed by atoms with Crippen LogP contribution in [-0.2, 0) is 0 Å². The third kappa shape index (κ3) is 2.97. The molecule has 0 saturated heterocycles. The van der Waals surface area contributed by atoms with Gasteiger partial charge in [-0.2, -0.15) is 5.26 Å². The van der Waals surface area contributed by atoms with Gasteiger partial charge in [-0.1, -0.05) is 19.3 Å². The van der Waals surface area contributed by atoms with Crippen LogP contribution in [0, 0.1) is 16.7 Å². The molecular weight excluding hydrogens is 176 g/mol. The average molecular weight is 196 g/mol. The average Bonchev–Trinajstić information content (AvgIpc) is 2.19. The van der Waals surface area contributed by atoms with E-state index in [0.29, 0.717) is 13.0 Å². The fourth-order valence-corrected chi connectivity index (χ4v) is 2.35. The summed E-state index contributed by atoms with van der Waals surface area (Å²) in [6.45, 7) is 0.587. The molecule has 2 N–H and O–H groups in total. The Morgan fingerprint density at radius 2 is 2.07 bits per heavy atom. The number of likely N-dealkylation sites (N-methyl/N-ethyl adjacent to an activating group) is 1. The highest BCUT2D eigenvalue weighted by Gasteiger charge is 2.33. The van der Waals surface area contributed by atoms with Crippen LogP contribution in [0.3, 0.4) is 0 Å². The van der Waals surface area contributed by atoms with Gasteiger partial charge in [0.05, 0.1) is 17.6 Å². The number of aliphatic hydroxyl groups is 1. The van der Waals surface area contributed by atoms with Crippen molar-refractivity contribution in [2.75, 3.05) is 13.6 Å². The zero-order valence-corrected chi connectivity index (χ0v) is 8.92. The molecule has 80 valence electrons. The molecule has 0 amide bonds. The summed E-state index contributed by atoms with van der Waals surface area (Å²) in [7, 11) is 1.82. The first-order valence-corrected chi connectivity index (χ1v) is 5.46. The van der Waals surface area contributed by atoms with Gasteiger partial charge in [-0.15, -0.1) is 0 Å². The highest BCUT2D eigenvalue weighted by atomic mass is 16.3. The Labute approximate surface area is 86.1 Å². The molecule has 0 radical (unpaired) electrons. The first kappa shape index (κ1) is 11.5. The molecule has 0 aromatic heterocycles. The fourth-order valence-electron chi connectivity index (χ4n) is 2.35. The molecule has 1 aliphatic carbocycles. The summed E-state index contributed by atoms with van der Waals surface area (Å²) >= 11 is 0. The summed E-state index contributed by atoms with van der Waals surface area (Å²) < 4.78 is 0. The molecule has 1 fully saturated rings. The predicted molar refractivity (Wildman–Crippen MR) is 55.7 cm³/mol. The molecule has 0 aliphatic heterocycles. The molecule has 1 aliphatic rings. The van der Waals surface area contributed by atoms with Crippen LogP contribution in [0.1, 0.15) is 38.5 Å². The van der Waals surface area contributed by atoms with E-state index in [1.54, 1.807) is 0 Å². The maximum atomic E-state index is 9.68. The number of rotatable bonds is 4. The van der Waals surface area contributed by atoms with Crippen molar-refractivity contribution in [3.8, 4) is 6.07 Å². The Hall–Kier alpha value is -0.590. The van der Waals surface area contributed by atoms with Gasteiger partial charge in [0.25, 0.3) is 0 Å². The van der Waals surface area contributed by atoms with Crippen LogP contribution in [-0.4, -0.2) is 24.8 Å². The Bertz CT molecular complexity index is 204. The van der Waals surface area contributed by atoms with E-state index in [2.05, 4.69) is 11.4 Å². The second kappa shape index (κ2) is 5.33. The van der Waals surface area contributed by atoms with Crippen molar-refractivity contribution in [3.63, 3.8) is 0 Å². The number of hydrogen-bond acceptors (Lipinski definition) is 3. The SMILES string of the molecule is CNCC(O)CC1(C#N)CCCCC1. The highest BCUT2D eigenvalue weighted by molar-refractivity contribution is 5.01. The van der Waals surface area contributed by atoms with Gasteiger partial charge in [-0.05, 0) is 26.3 Å². The summed E-state index contributed by atoms with van der Waals surface area (Å²) in [4.78, 5) is 0. The summed E-state index contributed by atoms with van der Waals surface area (Å²) in [5.41, 5.74) is -0.242. The Kier molecular flexibility index (Phi) is 4.37. The van der Waals surface area contributed by atoms with Crippen LogP contribution in [0.2, 0.25) is 0 Å². The fraction of sp³-hybridized carbons (Fsp3) is 0.909. The summed E-state index contributed by atoms with van der Waals surface area (Å²) in [5, 5.41) is 21.8. The van der Waals surface area contributed by atoms with Crippen molar-refractivity contribution in [2.45, 2.75) is 44.6 Å². The van der Waals surface area contributed by atoms with Crippen LogP contribution in [0.5, 0.6) is 0 Å². The summed E-state index contributed by atoms with van der Waals surface area (Å²) in [6.07, 6.45) is 5.70. The lowest BCUT2D eigenvalue weighted by atomic mass is 9.72. The van der Waals surface area contributed by atoms with E-state index < -0.39 is 0 Å². The molecule has 0 aromatic rings. The van der Waals surface area contributed by atoms with E-state index in [1.165, 1.54) is 6.42 Å². The molecule has 0 heterocycles. The Morgan fingerprint density at radius 3 is 2.57 bits per heavy atom. The van der Waals surface area contributed by atoms with Gasteiger partial charge in [0.15, 0.2) is 0 Å². The second-order valence-electron chi connectivity index (χ2n) is 4.37. The van der Waals surface area contributed by atoms with Crippen LogP contribution >= 0.6 is 0 Å². The van der Waals surface area contributed by atoms with Gasteiger partial charge in [0.2, 0.25) is 0 Å². The molecule has 0 aromatic carbocycles. The minimum atomic E-state index is -0.377. The van der Waals surface area contributed by atoms with Crippen LogP contribution in [0.15, 0.2) is 0 Å². The molecule has 1 atom stereocenters. The largest absolute Gasteiger partial charge is 0.392 e. The molecule has 1 saturated carbocycles. The zero-order valence-electron chi connectivity index (χ0n) is 8.92. The summed E-state index contributed by atoms with van der Waals surface area (Å²) in [5.74, 6) is 0. The maximum Gasteiger partial charge on any atom is 0.0690 e. The first-order valence-electron chi connectivity index (χ1n) is 5.46. The molecule has 0 spiro atoms. The topological polar surface area (TPSA) is 56.0 Å². The van der Waals surface area contributed by atoms with Gasteiger partial charge >= 0.3 is 0 Å². The number of nitriles is 1. The van der Waals surface area contributed by atoms with Crippen molar-refractivity contribution in [1.82, 2.24) is 5.32 Å². The van der Waals surface area contributed by atoms with E-state index >= 15 is 0 Å². The molecule has 3 heteroatoms. The van der Waals surface area contributed by atoms with E-state index in [9.17, 15) is 10.4 Å². The normalized spacial score (nSPS) is 22.6. The third-order valence-electron chi connectivity index (χ3n) is 3.11. The third-order valence-corrected chi connectivity index (χ3v) is 3.11. The quantitative estimate of drug-likeness (QED) is 0.715. The van der Waals surface area contributed by atoms with Crippen molar-refractivity contribution in [2.24, 2.45) is 5.41 Å². The van der Waals surface area contributed by atoms with Gasteiger partial charge in [-0.25, -0.2) is 0 Å². The van der Waals surface area contributed by atoms with Crippen LogP contribution in [0.4, 0.5) is 0 Å². The number of nitrogens with one attached hydrogen (secondary N) is 1. The van der Waals surface area contributed by atoms with Crippen LogP contribution < -0.4 is 5.32 Å². The smallest absolute Gasteiger partial charge is 0.0690 e. The van der Waals surface area contributed by atoms with Gasteiger partial charge in [-0.3, -0.25) is 0 Å². The van der Waals surface area contributed by atoms with Gasteiger partial charge in [0.1, 0.15) is 0 Å². The molecule has 1 rings (SSSR count). The van der Waals surface area contributed by atoms with E-state index in [1.807, 2.05) is 7.05 Å². The zero-order chi connectivity index (χ0) is 10.4. The molecule has 1 unspecified atom stereocenters. The van der Waals surface area contributed by atoms with Crippen molar-refractivity contribution in [3.05, 3.63) is 0 Å². The van der Waals surface area contributed by atoms with Crippen molar-refractivity contribution in [1.29, 1.82) is 5.26 Å². The standard InChI is InChI=1S/C11H20N2O/c1-13-8-10(14)7-11(9-12)5-3-2-4-6-11/h10,13-14H,2-8H2,1H3. The first-order chi connectivity index (χ1) is 6.72. The molecular formula is C11H20N2O. The lowest BCUT2D eigenvalue weighted by molar-refractivity contribution is 0.102. The summed E-state index contributed by atoms with van der Waals surface area (Å²) in [6, 6.07) is 2.42. The van der Waals surface area contributed by atoms with E-state index in [4.69, 9.17) is 0 Å². The van der Waals surface area contributed by atoms with Gasteiger partial charge in [0, 0.05) is 6.54 Å². The number of aliphatic hydroxyl groups excluding tert-OH is 1. The highest BCUT2D eigenvalue weighted by Crippen LogP contribution is 2.39. The van der Waals surface area contributed by atoms with Gasteiger partial charge < -0.3 is 10.4 Å². The predicted octanol–water partition coefficient (Wildman–Crippen LogP) is 1.43. The Morgan fingerprint density at radius 1 is 1.43 bits per heavy atom. The number of hydrogen-bond donors (Lipinski definition) is 2. The minimum absolute atomic E-state index is 0.242. The maximum absolute atomic E-state index is 9.68. The molecule has 3 nitrogen and oxygen atoms in total. The Balaban J connectivity index is 2.48. The lowest BCUT2D eigenvalue weighted by Gasteiger charge is -2.32. The van der Waals surface area contributed by atoms with E-state index in [-0.39, 0.29) is 11.5 Å². The molecule has 14 heavy (non-hydrogen) atoms. The van der Waals surface area contributed by atoms with Crippen LogP contribution in [0.25, 0.3) is 0 Å². The van der Waals surface area contributed by atoms with E-state index in [0.717, 1.165) is 25.7 Å². The lowest BCUT2D eigenvalue weighted by Crippen LogP contribution is -2.32. The van der Waals surface area contributed by atoms with Crippen molar-refractivity contribution >= 4 is 0 Å². The van der Waals surface area contributed by atoms with Crippen molar-refractivity contribution < 1.29 is 5.11 Å². The second-order valence-corrected chi connectivity index (χ2v) is 4.37. The molecule has 0 bridgehead atoms.